The van der Waals surface area contributed by atoms with E-state index in [1.54, 1.807) is 18.4 Å². The fourth-order valence-electron chi connectivity index (χ4n) is 4.21. The molecule has 0 radical (unpaired) electrons. The summed E-state index contributed by atoms with van der Waals surface area (Å²) in [5.41, 5.74) is 1.49. The predicted molar refractivity (Wildman–Crippen MR) is 117 cm³/mol. The predicted octanol–water partition coefficient (Wildman–Crippen LogP) is 5.58. The molecule has 1 saturated carbocycles. The van der Waals surface area contributed by atoms with Crippen molar-refractivity contribution in [1.82, 2.24) is 9.88 Å². The van der Waals surface area contributed by atoms with E-state index in [1.807, 2.05) is 25.7 Å². The minimum atomic E-state index is -0.451. The van der Waals surface area contributed by atoms with E-state index in [0.29, 0.717) is 11.8 Å². The van der Waals surface area contributed by atoms with Crippen molar-refractivity contribution in [2.75, 3.05) is 20.2 Å². The van der Waals surface area contributed by atoms with Crippen LogP contribution in [0.25, 0.3) is 0 Å². The van der Waals surface area contributed by atoms with Crippen molar-refractivity contribution in [1.29, 1.82) is 0 Å². The molecular formula is C22H35N3O3S. The van der Waals surface area contributed by atoms with E-state index in [-0.39, 0.29) is 6.09 Å². The molecule has 2 heterocycles. The average molecular weight is 422 g/mol. The molecule has 29 heavy (non-hydrogen) atoms. The summed E-state index contributed by atoms with van der Waals surface area (Å²) in [6.07, 6.45) is 9.15. The Kier molecular flexibility index (Phi) is 7.55. The molecule has 0 unspecified atom stereocenters. The number of thiazole rings is 1. The monoisotopic (exact) mass is 421 g/mol. The van der Waals surface area contributed by atoms with E-state index in [2.05, 4.69) is 10.5 Å². The topological polar surface area (TPSA) is 64.0 Å². The second kappa shape index (κ2) is 9.92. The van der Waals surface area contributed by atoms with E-state index < -0.39 is 5.60 Å². The highest BCUT2D eigenvalue weighted by Crippen LogP contribution is 2.32. The van der Waals surface area contributed by atoms with Gasteiger partial charge >= 0.3 is 6.09 Å². The van der Waals surface area contributed by atoms with Crippen LogP contribution in [-0.4, -0.2) is 47.5 Å². The molecule has 2 fully saturated rings. The smallest absolute Gasteiger partial charge is 0.410 e. The van der Waals surface area contributed by atoms with Crippen molar-refractivity contribution in [3.05, 3.63) is 16.1 Å². The molecule has 6 nitrogen and oxygen atoms in total. The molecule has 1 amide bonds. The minimum absolute atomic E-state index is 0.210. The van der Waals surface area contributed by atoms with E-state index in [0.717, 1.165) is 48.8 Å². The molecule has 1 saturated heterocycles. The quantitative estimate of drug-likeness (QED) is 0.460. The standard InChI is InChI=1S/C22H35N3O3S/c1-22(2,3)28-21(26)25-12-10-17(11-13-25)20-23-19(15-29-20)18(24-27-4)14-16-8-6-5-7-9-16/h15-17H,5-14H2,1-4H3. The van der Waals surface area contributed by atoms with Crippen LogP contribution in [0.4, 0.5) is 4.79 Å². The maximum absolute atomic E-state index is 12.3. The number of carbonyl (C=O) groups is 1. The van der Waals surface area contributed by atoms with Crippen LogP contribution >= 0.6 is 11.3 Å². The number of carbonyl (C=O) groups excluding carboxylic acids is 1. The highest BCUT2D eigenvalue weighted by molar-refractivity contribution is 7.09. The molecule has 0 bridgehead atoms. The van der Waals surface area contributed by atoms with Gasteiger partial charge < -0.3 is 14.5 Å². The highest BCUT2D eigenvalue weighted by atomic mass is 32.1. The van der Waals surface area contributed by atoms with Gasteiger partial charge in [-0.1, -0.05) is 37.3 Å². The van der Waals surface area contributed by atoms with E-state index in [4.69, 9.17) is 14.6 Å². The number of hydrogen-bond acceptors (Lipinski definition) is 6. The van der Waals surface area contributed by atoms with Crippen LogP contribution in [0.5, 0.6) is 0 Å². The molecule has 0 aromatic carbocycles. The normalized spacial score (nSPS) is 20.0. The van der Waals surface area contributed by atoms with Gasteiger partial charge in [0.1, 0.15) is 18.4 Å². The molecule has 2 aliphatic rings. The second-order valence-corrected chi connectivity index (χ2v) is 10.1. The van der Waals surface area contributed by atoms with Crippen molar-refractivity contribution in [3.8, 4) is 0 Å². The zero-order valence-electron chi connectivity index (χ0n) is 18.3. The lowest BCUT2D eigenvalue weighted by atomic mass is 9.85. The first-order valence-electron chi connectivity index (χ1n) is 10.9. The zero-order chi connectivity index (χ0) is 20.9. The van der Waals surface area contributed by atoms with Gasteiger partial charge in [0.15, 0.2) is 0 Å². The number of ether oxygens (including phenoxy) is 1. The Labute approximate surface area is 178 Å². The summed E-state index contributed by atoms with van der Waals surface area (Å²) in [5, 5.41) is 7.58. The van der Waals surface area contributed by atoms with Gasteiger partial charge in [-0.05, 0) is 46.0 Å². The third-order valence-corrected chi connectivity index (χ3v) is 6.73. The molecule has 0 atom stereocenters. The molecule has 162 valence electrons. The molecule has 7 heteroatoms. The summed E-state index contributed by atoms with van der Waals surface area (Å²) in [6, 6.07) is 0. The number of amides is 1. The summed E-state index contributed by atoms with van der Waals surface area (Å²) >= 11 is 1.71. The zero-order valence-corrected chi connectivity index (χ0v) is 19.1. The fraction of sp³-hybridized carbons (Fsp3) is 0.773. The van der Waals surface area contributed by atoms with Crippen molar-refractivity contribution >= 4 is 23.1 Å². The first-order valence-corrected chi connectivity index (χ1v) is 11.8. The number of aromatic nitrogens is 1. The second-order valence-electron chi connectivity index (χ2n) is 9.24. The van der Waals surface area contributed by atoms with Crippen molar-refractivity contribution in [2.24, 2.45) is 11.1 Å². The van der Waals surface area contributed by atoms with Crippen LogP contribution in [0.15, 0.2) is 10.5 Å². The number of likely N-dealkylation sites (tertiary alicyclic amines) is 1. The Hall–Kier alpha value is -1.63. The van der Waals surface area contributed by atoms with Gasteiger partial charge in [-0.25, -0.2) is 9.78 Å². The van der Waals surface area contributed by atoms with Crippen LogP contribution < -0.4 is 0 Å². The number of rotatable bonds is 5. The lowest BCUT2D eigenvalue weighted by molar-refractivity contribution is 0.0205. The maximum atomic E-state index is 12.3. The van der Waals surface area contributed by atoms with Gasteiger partial charge in [-0.3, -0.25) is 0 Å². The van der Waals surface area contributed by atoms with Gasteiger partial charge in [-0.15, -0.1) is 11.3 Å². The first-order chi connectivity index (χ1) is 13.9. The molecule has 1 aliphatic carbocycles. The van der Waals surface area contributed by atoms with E-state index in [9.17, 15) is 4.79 Å². The Morgan fingerprint density at radius 3 is 2.52 bits per heavy atom. The molecule has 1 aliphatic heterocycles. The summed E-state index contributed by atoms with van der Waals surface area (Å²) in [5.74, 6) is 1.09. The SMILES string of the molecule is CON=C(CC1CCCCC1)c1csc(C2CCN(C(=O)OC(C)(C)C)CC2)n1. The van der Waals surface area contributed by atoms with Crippen molar-refractivity contribution in [2.45, 2.75) is 83.7 Å². The Morgan fingerprint density at radius 2 is 1.90 bits per heavy atom. The Balaban J connectivity index is 1.58. The molecule has 0 spiro atoms. The molecular weight excluding hydrogens is 386 g/mol. The van der Waals surface area contributed by atoms with Gasteiger partial charge in [-0.2, -0.15) is 0 Å². The lowest BCUT2D eigenvalue weighted by Crippen LogP contribution is -2.41. The van der Waals surface area contributed by atoms with Crippen LogP contribution in [0.2, 0.25) is 0 Å². The third kappa shape index (κ3) is 6.43. The number of piperidine rings is 1. The minimum Gasteiger partial charge on any atom is -0.444 e. The van der Waals surface area contributed by atoms with E-state index in [1.165, 1.54) is 32.1 Å². The van der Waals surface area contributed by atoms with Gasteiger partial charge in [0.2, 0.25) is 0 Å². The summed E-state index contributed by atoms with van der Waals surface area (Å²) in [6.45, 7) is 7.15. The number of nitrogens with zero attached hydrogens (tertiary/aromatic N) is 3. The summed E-state index contributed by atoms with van der Waals surface area (Å²) in [7, 11) is 1.61. The van der Waals surface area contributed by atoms with Crippen LogP contribution in [-0.2, 0) is 9.57 Å². The lowest BCUT2D eigenvalue weighted by Gasteiger charge is -2.32. The molecule has 1 aromatic heterocycles. The van der Waals surface area contributed by atoms with Crippen LogP contribution in [0.1, 0.15) is 88.8 Å². The maximum Gasteiger partial charge on any atom is 0.410 e. The molecule has 3 rings (SSSR count). The van der Waals surface area contributed by atoms with Gasteiger partial charge in [0.25, 0.3) is 0 Å². The van der Waals surface area contributed by atoms with Crippen molar-refractivity contribution in [3.63, 3.8) is 0 Å². The van der Waals surface area contributed by atoms with Crippen LogP contribution in [0.3, 0.4) is 0 Å². The molecule has 0 N–H and O–H groups in total. The largest absolute Gasteiger partial charge is 0.444 e. The summed E-state index contributed by atoms with van der Waals surface area (Å²) in [4.78, 5) is 24.1. The van der Waals surface area contributed by atoms with Crippen molar-refractivity contribution < 1.29 is 14.4 Å². The van der Waals surface area contributed by atoms with E-state index >= 15 is 0 Å². The van der Waals surface area contributed by atoms with Crippen LogP contribution in [0, 0.1) is 5.92 Å². The summed E-state index contributed by atoms with van der Waals surface area (Å²) < 4.78 is 5.50. The van der Waals surface area contributed by atoms with Gasteiger partial charge in [0, 0.05) is 24.4 Å². The third-order valence-electron chi connectivity index (χ3n) is 5.72. The first kappa shape index (κ1) is 22.1. The Bertz CT molecular complexity index is 696. The molecule has 1 aromatic rings. The highest BCUT2D eigenvalue weighted by Gasteiger charge is 2.29. The Morgan fingerprint density at radius 1 is 1.21 bits per heavy atom. The van der Waals surface area contributed by atoms with Gasteiger partial charge in [0.05, 0.1) is 10.7 Å². The fourth-order valence-corrected chi connectivity index (χ4v) is 5.21. The average Bonchev–Trinajstić information content (AvgIpc) is 3.17. The number of hydrogen-bond donors (Lipinski definition) is 0. The number of oxime groups is 1.